The molecular weight excluding hydrogens is 270 g/mol. The molecule has 0 aliphatic carbocycles. The summed E-state index contributed by atoms with van der Waals surface area (Å²) >= 11 is 0. The molecule has 2 heterocycles. The Hall–Kier alpha value is -1.59. The number of carbonyl (C=O) groups is 1. The van der Waals surface area contributed by atoms with E-state index in [1.54, 1.807) is 7.11 Å². The van der Waals surface area contributed by atoms with Crippen LogP contribution in [0.3, 0.4) is 0 Å². The van der Waals surface area contributed by atoms with Crippen molar-refractivity contribution in [2.24, 2.45) is 0 Å². The molecule has 0 bridgehead atoms. The van der Waals surface area contributed by atoms with E-state index >= 15 is 0 Å². The molecule has 1 aromatic carbocycles. The number of rotatable bonds is 3. The van der Waals surface area contributed by atoms with Gasteiger partial charge in [0.1, 0.15) is 5.75 Å². The number of hydrogen-bond donors (Lipinski definition) is 0. The van der Waals surface area contributed by atoms with Crippen LogP contribution in [-0.2, 0) is 20.7 Å². The summed E-state index contributed by atoms with van der Waals surface area (Å²) in [4.78, 5) is 14.2. The van der Waals surface area contributed by atoms with Crippen molar-refractivity contribution in [1.29, 1.82) is 0 Å². The third-order valence-electron chi connectivity index (χ3n) is 4.21. The number of nitrogens with zero attached hydrogens (tertiary/aromatic N) is 1. The molecule has 0 saturated carbocycles. The molecule has 1 amide bonds. The van der Waals surface area contributed by atoms with Gasteiger partial charge in [-0.1, -0.05) is 12.1 Å². The van der Waals surface area contributed by atoms with Crippen LogP contribution in [0.15, 0.2) is 24.3 Å². The summed E-state index contributed by atoms with van der Waals surface area (Å²) < 4.78 is 16.5. The molecule has 21 heavy (non-hydrogen) atoms. The van der Waals surface area contributed by atoms with Gasteiger partial charge in [0.2, 0.25) is 5.91 Å². The largest absolute Gasteiger partial charge is 0.497 e. The fraction of sp³-hybridized carbons (Fsp3) is 0.562. The van der Waals surface area contributed by atoms with Crippen LogP contribution in [0.1, 0.15) is 18.4 Å². The van der Waals surface area contributed by atoms with Crippen LogP contribution in [0.5, 0.6) is 5.75 Å². The molecule has 0 N–H and O–H groups in total. The molecule has 5 nitrogen and oxygen atoms in total. The van der Waals surface area contributed by atoms with Crippen LogP contribution in [0.2, 0.25) is 0 Å². The van der Waals surface area contributed by atoms with Crippen molar-refractivity contribution in [3.8, 4) is 5.75 Å². The predicted octanol–water partition coefficient (Wildman–Crippen LogP) is 1.60. The highest BCUT2D eigenvalue weighted by Crippen LogP contribution is 2.31. The Morgan fingerprint density at radius 3 is 2.38 bits per heavy atom. The first-order chi connectivity index (χ1) is 10.2. The number of amides is 1. The third kappa shape index (κ3) is 3.19. The molecule has 0 aromatic heterocycles. The molecule has 2 fully saturated rings. The maximum absolute atomic E-state index is 12.3. The Morgan fingerprint density at radius 1 is 1.19 bits per heavy atom. The zero-order chi connectivity index (χ0) is 14.7. The molecule has 5 heteroatoms. The van der Waals surface area contributed by atoms with Gasteiger partial charge >= 0.3 is 0 Å². The summed E-state index contributed by atoms with van der Waals surface area (Å²) in [5, 5.41) is 0. The Morgan fingerprint density at radius 2 is 1.81 bits per heavy atom. The summed E-state index contributed by atoms with van der Waals surface area (Å²) in [7, 11) is 1.64. The lowest BCUT2D eigenvalue weighted by molar-refractivity contribution is -0.187. The Kier molecular flexibility index (Phi) is 4.12. The molecule has 1 aromatic rings. The van der Waals surface area contributed by atoms with Gasteiger partial charge in [-0.15, -0.1) is 0 Å². The first-order valence-corrected chi connectivity index (χ1v) is 7.39. The molecule has 114 valence electrons. The minimum Gasteiger partial charge on any atom is -0.497 e. The molecule has 3 rings (SSSR count). The van der Waals surface area contributed by atoms with E-state index in [4.69, 9.17) is 14.2 Å². The highest BCUT2D eigenvalue weighted by Gasteiger charge is 2.40. The van der Waals surface area contributed by atoms with E-state index in [0.717, 1.165) is 24.2 Å². The fourth-order valence-corrected chi connectivity index (χ4v) is 2.91. The van der Waals surface area contributed by atoms with Gasteiger partial charge in [-0.3, -0.25) is 4.79 Å². The van der Waals surface area contributed by atoms with Crippen molar-refractivity contribution >= 4 is 5.91 Å². The second kappa shape index (κ2) is 6.03. The molecule has 2 saturated heterocycles. The minimum atomic E-state index is -0.420. The van der Waals surface area contributed by atoms with E-state index in [1.165, 1.54) is 0 Å². The highest BCUT2D eigenvalue weighted by molar-refractivity contribution is 5.78. The molecule has 2 aliphatic heterocycles. The summed E-state index contributed by atoms with van der Waals surface area (Å²) in [6.45, 7) is 2.74. The molecule has 0 unspecified atom stereocenters. The molecule has 1 spiro atoms. The van der Waals surface area contributed by atoms with Crippen LogP contribution in [0.25, 0.3) is 0 Å². The quantitative estimate of drug-likeness (QED) is 0.849. The van der Waals surface area contributed by atoms with Crippen LogP contribution < -0.4 is 4.74 Å². The number of hydrogen-bond acceptors (Lipinski definition) is 4. The smallest absolute Gasteiger partial charge is 0.226 e. The zero-order valence-corrected chi connectivity index (χ0v) is 12.3. The van der Waals surface area contributed by atoms with Crippen molar-refractivity contribution in [3.63, 3.8) is 0 Å². The van der Waals surface area contributed by atoms with Crippen molar-refractivity contribution in [3.05, 3.63) is 29.8 Å². The van der Waals surface area contributed by atoms with Gasteiger partial charge in [-0.2, -0.15) is 0 Å². The summed E-state index contributed by atoms with van der Waals surface area (Å²) in [5.41, 5.74) is 1.01. The zero-order valence-electron chi connectivity index (χ0n) is 12.3. The van der Waals surface area contributed by atoms with E-state index in [2.05, 4.69) is 0 Å². The number of likely N-dealkylation sites (tertiary alicyclic amines) is 1. The summed E-state index contributed by atoms with van der Waals surface area (Å²) in [5.74, 6) is 0.548. The van der Waals surface area contributed by atoms with Crippen molar-refractivity contribution in [2.75, 3.05) is 33.4 Å². The van der Waals surface area contributed by atoms with Crippen LogP contribution >= 0.6 is 0 Å². The molecule has 0 atom stereocenters. The molecular formula is C16H21NO4. The maximum Gasteiger partial charge on any atom is 0.226 e. The lowest BCUT2D eigenvalue weighted by Crippen LogP contribution is -2.47. The van der Waals surface area contributed by atoms with Gasteiger partial charge in [0.05, 0.1) is 26.7 Å². The van der Waals surface area contributed by atoms with E-state index in [1.807, 2.05) is 29.2 Å². The fourth-order valence-electron chi connectivity index (χ4n) is 2.91. The number of benzene rings is 1. The van der Waals surface area contributed by atoms with Crippen LogP contribution in [0, 0.1) is 0 Å². The molecule has 0 radical (unpaired) electrons. The lowest BCUT2D eigenvalue weighted by Gasteiger charge is -2.37. The second-order valence-electron chi connectivity index (χ2n) is 5.51. The van der Waals surface area contributed by atoms with Crippen molar-refractivity contribution < 1.29 is 19.0 Å². The SMILES string of the molecule is COc1ccc(CC(=O)N2CCC3(CC2)OCCO3)cc1. The van der Waals surface area contributed by atoms with Gasteiger partial charge in [0, 0.05) is 25.9 Å². The standard InChI is InChI=1S/C16H21NO4/c1-19-14-4-2-13(3-5-14)12-15(18)17-8-6-16(7-9-17)20-10-11-21-16/h2-5H,6-12H2,1H3. The van der Waals surface area contributed by atoms with E-state index in [9.17, 15) is 4.79 Å². The van der Waals surface area contributed by atoms with Gasteiger partial charge in [0.25, 0.3) is 0 Å². The van der Waals surface area contributed by atoms with E-state index in [0.29, 0.717) is 32.7 Å². The van der Waals surface area contributed by atoms with Crippen LogP contribution in [0.4, 0.5) is 0 Å². The molecule has 2 aliphatic rings. The summed E-state index contributed by atoms with van der Waals surface area (Å²) in [6.07, 6.45) is 1.96. The Balaban J connectivity index is 1.54. The monoisotopic (exact) mass is 291 g/mol. The first kappa shape index (κ1) is 14.4. The number of piperidine rings is 1. The van der Waals surface area contributed by atoms with Gasteiger partial charge in [-0.25, -0.2) is 0 Å². The highest BCUT2D eigenvalue weighted by atomic mass is 16.7. The topological polar surface area (TPSA) is 48.0 Å². The summed E-state index contributed by atoms with van der Waals surface area (Å²) in [6, 6.07) is 7.64. The van der Waals surface area contributed by atoms with Crippen molar-refractivity contribution in [2.45, 2.75) is 25.0 Å². The predicted molar refractivity (Wildman–Crippen MR) is 77.1 cm³/mol. The van der Waals surface area contributed by atoms with Gasteiger partial charge in [0.15, 0.2) is 5.79 Å². The second-order valence-corrected chi connectivity index (χ2v) is 5.51. The lowest BCUT2D eigenvalue weighted by atomic mass is 10.0. The van der Waals surface area contributed by atoms with E-state index < -0.39 is 5.79 Å². The number of carbonyl (C=O) groups excluding carboxylic acids is 1. The third-order valence-corrected chi connectivity index (χ3v) is 4.21. The Labute approximate surface area is 124 Å². The van der Waals surface area contributed by atoms with Gasteiger partial charge in [-0.05, 0) is 17.7 Å². The minimum absolute atomic E-state index is 0.160. The van der Waals surface area contributed by atoms with Crippen LogP contribution in [-0.4, -0.2) is 50.0 Å². The number of methoxy groups -OCH3 is 1. The number of ether oxygens (including phenoxy) is 3. The normalized spacial score (nSPS) is 20.7. The maximum atomic E-state index is 12.3. The Bertz CT molecular complexity index is 484. The van der Waals surface area contributed by atoms with Crippen molar-refractivity contribution in [1.82, 2.24) is 4.90 Å². The average molecular weight is 291 g/mol. The van der Waals surface area contributed by atoms with E-state index in [-0.39, 0.29) is 5.91 Å². The first-order valence-electron chi connectivity index (χ1n) is 7.39. The average Bonchev–Trinajstić information content (AvgIpc) is 2.97. The van der Waals surface area contributed by atoms with Gasteiger partial charge < -0.3 is 19.1 Å².